The first kappa shape index (κ1) is 17.0. The minimum atomic E-state index is -0.608. The second kappa shape index (κ2) is 7.24. The van der Waals surface area contributed by atoms with Crippen LogP contribution in [0, 0.1) is 0 Å². The van der Waals surface area contributed by atoms with E-state index >= 15 is 0 Å². The Hall–Kier alpha value is -3.40. The third-order valence-electron chi connectivity index (χ3n) is 3.06. The molecule has 0 aliphatic rings. The van der Waals surface area contributed by atoms with Crippen molar-refractivity contribution in [3.8, 4) is 0 Å². The molecular weight excluding hydrogens is 316 g/mol. The topological polar surface area (TPSA) is 154 Å². The first-order valence-corrected chi connectivity index (χ1v) is 6.66. The Balaban J connectivity index is 2.46. The Bertz CT molecular complexity index is 746. The molecule has 6 N–H and O–H groups in total. The van der Waals surface area contributed by atoms with Crippen LogP contribution in [0.5, 0.6) is 0 Å². The Morgan fingerprint density at radius 1 is 1.00 bits per heavy atom. The van der Waals surface area contributed by atoms with Gasteiger partial charge in [0.05, 0.1) is 25.3 Å². The molecule has 0 fully saturated rings. The van der Waals surface area contributed by atoms with Gasteiger partial charge in [-0.05, 0) is 18.2 Å². The Morgan fingerprint density at radius 2 is 1.54 bits per heavy atom. The average Bonchev–Trinajstić information content (AvgIpc) is 2.61. The molecule has 10 nitrogen and oxygen atoms in total. The summed E-state index contributed by atoms with van der Waals surface area (Å²) >= 11 is 0. The van der Waals surface area contributed by atoms with E-state index in [1.807, 2.05) is 0 Å². The number of esters is 2. The molecule has 2 aromatic rings. The summed E-state index contributed by atoms with van der Waals surface area (Å²) in [5.41, 5.74) is 9.08. The molecule has 0 saturated heterocycles. The number of nitrogens with two attached hydrogens (primary N) is 2. The molecule has 0 spiro atoms. The summed E-state index contributed by atoms with van der Waals surface area (Å²) in [5, 5.41) is 2.90. The van der Waals surface area contributed by atoms with E-state index in [0.717, 1.165) is 0 Å². The molecule has 1 aromatic heterocycles. The number of hydrogen-bond acceptors (Lipinski definition) is 10. The highest BCUT2D eigenvalue weighted by Gasteiger charge is 2.15. The van der Waals surface area contributed by atoms with Gasteiger partial charge in [-0.3, -0.25) is 0 Å². The van der Waals surface area contributed by atoms with Crippen molar-refractivity contribution in [1.82, 2.24) is 9.97 Å². The Kier molecular flexibility index (Phi) is 5.12. The number of aromatic nitrogens is 2. The fourth-order valence-electron chi connectivity index (χ4n) is 1.92. The summed E-state index contributed by atoms with van der Waals surface area (Å²) in [4.78, 5) is 31.4. The number of hydrogen-bond donors (Lipinski definition) is 4. The molecule has 126 valence electrons. The number of nitrogens with one attached hydrogen (secondary N) is 2. The molecule has 2 rings (SSSR count). The van der Waals surface area contributed by atoms with Crippen LogP contribution < -0.4 is 22.3 Å². The van der Waals surface area contributed by atoms with Crippen LogP contribution >= 0.6 is 0 Å². The summed E-state index contributed by atoms with van der Waals surface area (Å²) in [6, 6.07) is 4.32. The summed E-state index contributed by atoms with van der Waals surface area (Å²) in [6.45, 7) is 0. The van der Waals surface area contributed by atoms with Gasteiger partial charge in [-0.15, -0.1) is 0 Å². The highest BCUT2D eigenvalue weighted by molar-refractivity contribution is 5.97. The third kappa shape index (κ3) is 3.50. The van der Waals surface area contributed by atoms with Crippen LogP contribution in [0.4, 0.5) is 23.0 Å². The summed E-state index contributed by atoms with van der Waals surface area (Å²) in [7, 11) is 2.48. The molecule has 0 atom stereocenters. The van der Waals surface area contributed by atoms with Gasteiger partial charge < -0.3 is 25.9 Å². The van der Waals surface area contributed by atoms with Crippen molar-refractivity contribution in [2.24, 2.45) is 5.84 Å². The zero-order valence-corrected chi connectivity index (χ0v) is 13.0. The van der Waals surface area contributed by atoms with Crippen LogP contribution in [0.25, 0.3) is 0 Å². The summed E-state index contributed by atoms with van der Waals surface area (Å²) < 4.78 is 9.35. The highest BCUT2D eigenvalue weighted by Crippen LogP contribution is 2.26. The van der Waals surface area contributed by atoms with E-state index in [1.54, 1.807) is 0 Å². The molecule has 0 aliphatic heterocycles. The minimum Gasteiger partial charge on any atom is -0.465 e. The van der Waals surface area contributed by atoms with Crippen molar-refractivity contribution in [3.63, 3.8) is 0 Å². The number of nitrogens with zero attached hydrogens (tertiary/aromatic N) is 2. The molecule has 0 bridgehead atoms. The number of anilines is 4. The molecule has 1 heterocycles. The number of carbonyl (C=O) groups is 2. The van der Waals surface area contributed by atoms with Crippen molar-refractivity contribution in [2.45, 2.75) is 0 Å². The van der Waals surface area contributed by atoms with E-state index in [4.69, 9.17) is 11.6 Å². The maximum absolute atomic E-state index is 11.8. The maximum Gasteiger partial charge on any atom is 0.337 e. The largest absolute Gasteiger partial charge is 0.465 e. The second-order valence-electron chi connectivity index (χ2n) is 4.54. The van der Waals surface area contributed by atoms with Crippen molar-refractivity contribution >= 4 is 34.9 Å². The second-order valence-corrected chi connectivity index (χ2v) is 4.54. The van der Waals surface area contributed by atoms with Crippen molar-refractivity contribution in [3.05, 3.63) is 35.7 Å². The molecule has 24 heavy (non-hydrogen) atoms. The monoisotopic (exact) mass is 332 g/mol. The van der Waals surface area contributed by atoms with Gasteiger partial charge in [-0.25, -0.2) is 25.4 Å². The van der Waals surface area contributed by atoms with Crippen LogP contribution in [0.3, 0.4) is 0 Å². The minimum absolute atomic E-state index is 0.160. The molecule has 0 saturated carbocycles. The number of carbonyl (C=O) groups excluding carboxylic acids is 2. The molecule has 0 amide bonds. The quantitative estimate of drug-likeness (QED) is 0.348. The van der Waals surface area contributed by atoms with Crippen LogP contribution in [-0.2, 0) is 9.47 Å². The van der Waals surface area contributed by atoms with Crippen LogP contribution in [0.1, 0.15) is 20.7 Å². The zero-order chi connectivity index (χ0) is 17.7. The first-order valence-electron chi connectivity index (χ1n) is 6.66. The van der Waals surface area contributed by atoms with Crippen molar-refractivity contribution in [2.75, 3.05) is 30.7 Å². The predicted molar refractivity (Wildman–Crippen MR) is 86.7 cm³/mol. The van der Waals surface area contributed by atoms with Gasteiger partial charge in [-0.1, -0.05) is 0 Å². The van der Waals surface area contributed by atoms with Crippen molar-refractivity contribution in [1.29, 1.82) is 0 Å². The number of nitrogen functional groups attached to an aromatic ring is 2. The lowest BCUT2D eigenvalue weighted by Crippen LogP contribution is -2.13. The van der Waals surface area contributed by atoms with E-state index < -0.39 is 11.9 Å². The van der Waals surface area contributed by atoms with Crippen LogP contribution in [0.15, 0.2) is 24.5 Å². The normalized spacial score (nSPS) is 9.96. The van der Waals surface area contributed by atoms with Gasteiger partial charge in [-0.2, -0.15) is 0 Å². The molecular formula is C14H16N6O4. The third-order valence-corrected chi connectivity index (χ3v) is 3.06. The fourth-order valence-corrected chi connectivity index (χ4v) is 1.92. The zero-order valence-electron chi connectivity index (χ0n) is 13.0. The smallest absolute Gasteiger partial charge is 0.337 e. The number of methoxy groups -OCH3 is 2. The summed E-state index contributed by atoms with van der Waals surface area (Å²) in [6.07, 6.45) is 1.25. The Labute approximate surface area is 137 Å². The maximum atomic E-state index is 11.8. The van der Waals surface area contributed by atoms with Crippen LogP contribution in [-0.4, -0.2) is 36.1 Å². The molecule has 10 heteroatoms. The molecule has 0 aliphatic carbocycles. The van der Waals surface area contributed by atoms with Gasteiger partial charge in [0.2, 0.25) is 0 Å². The Morgan fingerprint density at radius 3 is 2.04 bits per heavy atom. The van der Waals surface area contributed by atoms with Gasteiger partial charge >= 0.3 is 11.9 Å². The van der Waals surface area contributed by atoms with Gasteiger partial charge in [0.1, 0.15) is 12.0 Å². The number of ether oxygens (including phenoxy) is 2. The predicted octanol–water partition coefficient (Wildman–Crippen LogP) is 0.661. The van der Waals surface area contributed by atoms with Crippen LogP contribution in [0.2, 0.25) is 0 Å². The lowest BCUT2D eigenvalue weighted by molar-refractivity contribution is 0.0599. The fraction of sp³-hybridized carbons (Fsp3) is 0.143. The lowest BCUT2D eigenvalue weighted by Gasteiger charge is -2.12. The standard InChI is InChI=1S/C14H16N6O4/c1-23-13(21)7-3-8(14(22)24-2)5-9(4-7)19-11-10(15)12(20-16)18-6-17-11/h3-6H,15-16H2,1-2H3,(H2,17,18,19,20). The molecule has 0 radical (unpaired) electrons. The first-order chi connectivity index (χ1) is 11.5. The average molecular weight is 332 g/mol. The number of rotatable bonds is 5. The van der Waals surface area contributed by atoms with E-state index in [1.165, 1.54) is 38.7 Å². The van der Waals surface area contributed by atoms with Gasteiger partial charge in [0.15, 0.2) is 11.6 Å². The SMILES string of the molecule is COC(=O)c1cc(Nc2ncnc(NN)c2N)cc(C(=O)OC)c1. The molecule has 1 aromatic carbocycles. The van der Waals surface area contributed by atoms with E-state index in [-0.39, 0.29) is 28.5 Å². The summed E-state index contributed by atoms with van der Waals surface area (Å²) in [5.74, 6) is 4.56. The van der Waals surface area contributed by atoms with E-state index in [9.17, 15) is 9.59 Å². The number of benzene rings is 1. The van der Waals surface area contributed by atoms with Crippen molar-refractivity contribution < 1.29 is 19.1 Å². The van der Waals surface area contributed by atoms with Gasteiger partial charge in [0.25, 0.3) is 0 Å². The lowest BCUT2D eigenvalue weighted by atomic mass is 10.1. The van der Waals surface area contributed by atoms with Gasteiger partial charge in [0, 0.05) is 5.69 Å². The van der Waals surface area contributed by atoms with E-state index in [0.29, 0.717) is 5.69 Å². The number of hydrazine groups is 1. The highest BCUT2D eigenvalue weighted by atomic mass is 16.5. The van der Waals surface area contributed by atoms with E-state index in [2.05, 4.69) is 30.2 Å². The molecule has 0 unspecified atom stereocenters.